The summed E-state index contributed by atoms with van der Waals surface area (Å²) in [4.78, 5) is 0. The molecule has 18 heavy (non-hydrogen) atoms. The van der Waals surface area contributed by atoms with Crippen molar-refractivity contribution in [2.45, 2.75) is 10.8 Å². The summed E-state index contributed by atoms with van der Waals surface area (Å²) in [6, 6.07) is 12.5. The van der Waals surface area contributed by atoms with Crippen LogP contribution in [-0.2, 0) is 16.9 Å². The monoisotopic (exact) mass is 259 g/mol. The van der Waals surface area contributed by atoms with E-state index in [0.717, 1.165) is 11.1 Å². The Labute approximate surface area is 109 Å². The maximum atomic E-state index is 12.1. The van der Waals surface area contributed by atoms with Gasteiger partial charge in [0.15, 0.2) is 6.20 Å². The van der Waals surface area contributed by atoms with Crippen LogP contribution in [0.15, 0.2) is 60.3 Å². The third-order valence-electron chi connectivity index (χ3n) is 2.54. The van der Waals surface area contributed by atoms with Gasteiger partial charge in [0.05, 0.1) is 17.2 Å². The number of benzene rings is 1. The van der Waals surface area contributed by atoms with Crippen LogP contribution in [0.1, 0.15) is 11.1 Å². The molecule has 0 radical (unpaired) electrons. The van der Waals surface area contributed by atoms with Crippen molar-refractivity contribution < 1.29 is 9.28 Å². The fourth-order valence-electron chi connectivity index (χ4n) is 1.56. The van der Waals surface area contributed by atoms with E-state index in [1.165, 1.54) is 6.20 Å². The van der Waals surface area contributed by atoms with Crippen LogP contribution >= 0.6 is 0 Å². The number of hydrogen-bond donors (Lipinski definition) is 0. The molecule has 0 aliphatic carbocycles. The van der Waals surface area contributed by atoms with E-state index in [4.69, 9.17) is 0 Å². The van der Waals surface area contributed by atoms with Crippen molar-refractivity contribution in [3.05, 3.63) is 71.6 Å². The molecule has 0 aliphatic heterocycles. The average Bonchev–Trinajstić information content (AvgIpc) is 2.40. The first-order valence-corrected chi connectivity index (χ1v) is 6.80. The Morgan fingerprint density at radius 1 is 1.17 bits per heavy atom. The van der Waals surface area contributed by atoms with E-state index in [9.17, 15) is 9.76 Å². The molecule has 2 aromatic rings. The van der Waals surface area contributed by atoms with Gasteiger partial charge in [0.1, 0.15) is 5.75 Å². The zero-order chi connectivity index (χ0) is 13.0. The fraction of sp³-hybridized carbons (Fsp3) is 0.0714. The van der Waals surface area contributed by atoms with Crippen molar-refractivity contribution in [2.24, 2.45) is 0 Å². The Bertz CT molecular complexity index is 540. The smallest absolute Gasteiger partial charge is 0.393 e. The Morgan fingerprint density at radius 3 is 2.50 bits per heavy atom. The van der Waals surface area contributed by atoms with Gasteiger partial charge in [-0.15, -0.1) is 4.73 Å². The van der Waals surface area contributed by atoms with Crippen LogP contribution in [0.25, 0.3) is 6.08 Å². The standard InChI is InChI=1S/C14H13NO2S/c1-2-12-6-8-13(9-7-12)11-18(17)14-5-3-4-10-15(14)16/h2-10H,1,11H2. The molecule has 92 valence electrons. The molecule has 1 heterocycles. The minimum atomic E-state index is -1.33. The summed E-state index contributed by atoms with van der Waals surface area (Å²) in [5, 5.41) is 11.7. The second-order valence-electron chi connectivity index (χ2n) is 3.80. The van der Waals surface area contributed by atoms with Crippen molar-refractivity contribution >= 4 is 17.3 Å². The predicted molar refractivity (Wildman–Crippen MR) is 72.0 cm³/mol. The van der Waals surface area contributed by atoms with Crippen LogP contribution < -0.4 is 4.73 Å². The van der Waals surface area contributed by atoms with Crippen LogP contribution in [0.4, 0.5) is 0 Å². The third kappa shape index (κ3) is 2.91. The van der Waals surface area contributed by atoms with Gasteiger partial charge < -0.3 is 9.76 Å². The molecular formula is C14H13NO2S. The van der Waals surface area contributed by atoms with Crippen LogP contribution in [0.2, 0.25) is 0 Å². The van der Waals surface area contributed by atoms with Gasteiger partial charge in [0, 0.05) is 11.6 Å². The summed E-state index contributed by atoms with van der Waals surface area (Å²) < 4.78 is 12.7. The van der Waals surface area contributed by atoms with E-state index in [1.807, 2.05) is 24.3 Å². The molecule has 0 aliphatic rings. The van der Waals surface area contributed by atoms with Crippen molar-refractivity contribution in [3.63, 3.8) is 0 Å². The van der Waals surface area contributed by atoms with E-state index >= 15 is 0 Å². The minimum absolute atomic E-state index is 0.283. The summed E-state index contributed by atoms with van der Waals surface area (Å²) in [6.07, 6.45) is 3.11. The Kier molecular flexibility index (Phi) is 4.02. The summed E-state index contributed by atoms with van der Waals surface area (Å²) in [5.41, 5.74) is 1.95. The van der Waals surface area contributed by atoms with E-state index in [0.29, 0.717) is 10.5 Å². The van der Waals surface area contributed by atoms with Crippen molar-refractivity contribution in [3.8, 4) is 0 Å². The summed E-state index contributed by atoms with van der Waals surface area (Å²) in [6.45, 7) is 3.68. The van der Waals surface area contributed by atoms with E-state index in [1.54, 1.807) is 24.3 Å². The minimum Gasteiger partial charge on any atom is -0.615 e. The number of rotatable bonds is 4. The lowest BCUT2D eigenvalue weighted by molar-refractivity contribution is -0.646. The topological polar surface area (TPSA) is 50.0 Å². The fourth-order valence-corrected chi connectivity index (χ4v) is 2.70. The maximum absolute atomic E-state index is 12.1. The summed E-state index contributed by atoms with van der Waals surface area (Å²) in [5.74, 6) is 0.337. The normalized spacial score (nSPS) is 12.1. The first-order valence-electron chi connectivity index (χ1n) is 5.48. The van der Waals surface area contributed by atoms with E-state index in [-0.39, 0.29) is 5.03 Å². The number of hydrogen-bond acceptors (Lipinski definition) is 2. The second-order valence-corrected chi connectivity index (χ2v) is 5.20. The first-order chi connectivity index (χ1) is 8.70. The zero-order valence-electron chi connectivity index (χ0n) is 9.78. The molecule has 0 amide bonds. The highest BCUT2D eigenvalue weighted by Crippen LogP contribution is 2.14. The van der Waals surface area contributed by atoms with E-state index in [2.05, 4.69) is 6.58 Å². The predicted octanol–water partition coefficient (Wildman–Crippen LogP) is 2.27. The van der Waals surface area contributed by atoms with Gasteiger partial charge in [0.25, 0.3) is 0 Å². The summed E-state index contributed by atoms with van der Waals surface area (Å²) in [7, 11) is 0. The van der Waals surface area contributed by atoms with Crippen molar-refractivity contribution in [1.82, 2.24) is 0 Å². The molecule has 1 unspecified atom stereocenters. The lowest BCUT2D eigenvalue weighted by Crippen LogP contribution is -2.33. The molecule has 1 aromatic heterocycles. The molecule has 0 spiro atoms. The highest BCUT2D eigenvalue weighted by molar-refractivity contribution is 7.90. The van der Waals surface area contributed by atoms with Crippen LogP contribution in [0, 0.1) is 5.21 Å². The second kappa shape index (κ2) is 5.71. The van der Waals surface area contributed by atoms with Crippen molar-refractivity contribution in [2.75, 3.05) is 0 Å². The molecule has 0 bridgehead atoms. The highest BCUT2D eigenvalue weighted by Gasteiger charge is 2.20. The molecule has 0 saturated carbocycles. The van der Waals surface area contributed by atoms with Gasteiger partial charge in [-0.3, -0.25) is 0 Å². The van der Waals surface area contributed by atoms with Gasteiger partial charge >= 0.3 is 5.03 Å². The molecule has 1 atom stereocenters. The first kappa shape index (κ1) is 12.7. The molecule has 2 rings (SSSR count). The SMILES string of the molecule is C=Cc1ccc(C[S+]([O-])c2cccc[n+]2[O-])cc1. The zero-order valence-corrected chi connectivity index (χ0v) is 10.6. The largest absolute Gasteiger partial charge is 0.615 e. The van der Waals surface area contributed by atoms with Crippen LogP contribution in [0.3, 0.4) is 0 Å². The van der Waals surface area contributed by atoms with E-state index < -0.39 is 11.2 Å². The van der Waals surface area contributed by atoms with Gasteiger partial charge in [-0.2, -0.15) is 0 Å². The summed E-state index contributed by atoms with van der Waals surface area (Å²) >= 11 is -1.33. The highest BCUT2D eigenvalue weighted by atomic mass is 32.2. The van der Waals surface area contributed by atoms with Gasteiger partial charge in [-0.1, -0.05) is 36.9 Å². The van der Waals surface area contributed by atoms with Gasteiger partial charge in [-0.25, -0.2) is 0 Å². The Hall–Kier alpha value is -1.78. The molecule has 0 saturated heterocycles. The maximum Gasteiger partial charge on any atom is 0.393 e. The van der Waals surface area contributed by atoms with Gasteiger partial charge in [-0.05, 0) is 11.6 Å². The quantitative estimate of drug-likeness (QED) is 0.480. The molecule has 3 nitrogen and oxygen atoms in total. The molecule has 0 fully saturated rings. The lowest BCUT2D eigenvalue weighted by Gasteiger charge is -2.09. The van der Waals surface area contributed by atoms with Gasteiger partial charge in [0.2, 0.25) is 0 Å². The Morgan fingerprint density at radius 2 is 1.89 bits per heavy atom. The lowest BCUT2D eigenvalue weighted by atomic mass is 10.1. The third-order valence-corrected chi connectivity index (χ3v) is 3.91. The Balaban J connectivity index is 2.13. The number of pyridine rings is 1. The molecule has 0 N–H and O–H groups in total. The average molecular weight is 259 g/mol. The van der Waals surface area contributed by atoms with Crippen LogP contribution in [-0.4, -0.2) is 4.55 Å². The molecular weight excluding hydrogens is 246 g/mol. The van der Waals surface area contributed by atoms with Crippen molar-refractivity contribution in [1.29, 1.82) is 0 Å². The number of aromatic nitrogens is 1. The van der Waals surface area contributed by atoms with Crippen LogP contribution in [0.5, 0.6) is 0 Å². The number of nitrogens with zero attached hydrogens (tertiary/aromatic N) is 1. The molecule has 1 aromatic carbocycles. The molecule has 4 heteroatoms.